The van der Waals surface area contributed by atoms with Crippen LogP contribution in [0, 0.1) is 48.5 Å². The molecule has 0 unspecified atom stereocenters. The van der Waals surface area contributed by atoms with Gasteiger partial charge in [0.25, 0.3) is 0 Å². The van der Waals surface area contributed by atoms with Crippen LogP contribution in [-0.2, 0) is 0 Å². The van der Waals surface area contributed by atoms with Gasteiger partial charge >= 0.3 is 0 Å². The van der Waals surface area contributed by atoms with E-state index in [1.54, 1.807) is 0 Å². The molecular weight excluding hydrogens is 440 g/mol. The van der Waals surface area contributed by atoms with Gasteiger partial charge in [-0.05, 0) is 101 Å². The van der Waals surface area contributed by atoms with E-state index < -0.39 is 0 Å². The molecule has 3 nitrogen and oxygen atoms in total. The minimum absolute atomic E-state index is 0.112. The first kappa shape index (κ1) is 24.2. The summed E-state index contributed by atoms with van der Waals surface area (Å²) in [5.41, 5.74) is 14.3. The average molecular weight is 479 g/mol. The predicted octanol–water partition coefficient (Wildman–Crippen LogP) is 7.62. The fraction of sp³-hybridized carbons (Fsp3) is 0.333. The molecule has 0 bridgehead atoms. The van der Waals surface area contributed by atoms with Crippen LogP contribution in [0.15, 0.2) is 48.6 Å². The predicted molar refractivity (Wildman–Crippen MR) is 155 cm³/mol. The highest BCUT2D eigenvalue weighted by Crippen LogP contribution is 2.38. The van der Waals surface area contributed by atoms with Crippen molar-refractivity contribution >= 4 is 23.5 Å². The van der Waals surface area contributed by atoms with E-state index in [9.17, 15) is 0 Å². The normalized spacial score (nSPS) is 15.6. The Kier molecular flexibility index (Phi) is 6.42. The molecule has 1 fully saturated rings. The lowest BCUT2D eigenvalue weighted by molar-refractivity contribution is 0.357. The van der Waals surface area contributed by atoms with E-state index in [0.717, 1.165) is 30.0 Å². The van der Waals surface area contributed by atoms with Crippen molar-refractivity contribution in [2.75, 3.05) is 29.5 Å². The van der Waals surface area contributed by atoms with Crippen molar-refractivity contribution in [2.24, 2.45) is 0 Å². The summed E-state index contributed by atoms with van der Waals surface area (Å²) in [5, 5.41) is 0. The van der Waals surface area contributed by atoms with E-state index in [4.69, 9.17) is 4.74 Å². The summed E-state index contributed by atoms with van der Waals surface area (Å²) in [6, 6.07) is 13.7. The number of benzene rings is 3. The van der Waals surface area contributed by atoms with Crippen LogP contribution in [0.3, 0.4) is 0 Å². The molecule has 2 heterocycles. The van der Waals surface area contributed by atoms with Gasteiger partial charge in [0.05, 0.1) is 0 Å². The number of fused-ring (bicyclic) bond motifs is 1. The van der Waals surface area contributed by atoms with Crippen LogP contribution in [0.4, 0.5) is 11.4 Å². The molecule has 186 valence electrons. The highest BCUT2D eigenvalue weighted by atomic mass is 16.5. The number of aryl methyl sites for hydroxylation is 7. The van der Waals surface area contributed by atoms with E-state index in [-0.39, 0.29) is 6.17 Å². The van der Waals surface area contributed by atoms with Gasteiger partial charge < -0.3 is 14.5 Å². The highest BCUT2D eigenvalue weighted by molar-refractivity contribution is 5.73. The third kappa shape index (κ3) is 4.43. The molecule has 0 aliphatic carbocycles. The monoisotopic (exact) mass is 478 g/mol. The smallest absolute Gasteiger partial charge is 0.134 e. The lowest BCUT2D eigenvalue weighted by atomic mass is 10.0. The summed E-state index contributed by atoms with van der Waals surface area (Å²) in [6.45, 7) is 18.1. The SMILES string of the molecule is Cc1cc(C)c(N2CCN(c3c(C)cc(C)cc3C)C2/C=C/c2cc(C)cc3c2OCC=C3)c(C)c1. The van der Waals surface area contributed by atoms with Gasteiger partial charge in [0, 0.05) is 35.6 Å². The van der Waals surface area contributed by atoms with E-state index in [0.29, 0.717) is 6.61 Å². The molecule has 2 aliphatic heterocycles. The van der Waals surface area contributed by atoms with E-state index in [2.05, 4.69) is 119 Å². The van der Waals surface area contributed by atoms with Gasteiger partial charge in [0.15, 0.2) is 0 Å². The zero-order valence-electron chi connectivity index (χ0n) is 22.8. The maximum Gasteiger partial charge on any atom is 0.134 e. The fourth-order valence-electron chi connectivity index (χ4n) is 6.34. The van der Waals surface area contributed by atoms with Crippen molar-refractivity contribution in [1.29, 1.82) is 0 Å². The van der Waals surface area contributed by atoms with Crippen molar-refractivity contribution in [2.45, 2.75) is 54.6 Å². The Hall–Kier alpha value is -3.46. The van der Waals surface area contributed by atoms with Gasteiger partial charge in [-0.25, -0.2) is 0 Å². The van der Waals surface area contributed by atoms with E-state index >= 15 is 0 Å². The molecule has 3 aromatic rings. The second-order valence-electron chi connectivity index (χ2n) is 10.6. The Morgan fingerprint density at radius 1 is 0.694 bits per heavy atom. The summed E-state index contributed by atoms with van der Waals surface area (Å²) in [5.74, 6) is 0.987. The summed E-state index contributed by atoms with van der Waals surface area (Å²) < 4.78 is 6.09. The molecule has 3 aromatic carbocycles. The lowest BCUT2D eigenvalue weighted by Crippen LogP contribution is -2.38. The van der Waals surface area contributed by atoms with Gasteiger partial charge in [0.2, 0.25) is 0 Å². The van der Waals surface area contributed by atoms with E-state index in [1.807, 2.05) is 0 Å². The van der Waals surface area contributed by atoms with Crippen LogP contribution < -0.4 is 14.5 Å². The van der Waals surface area contributed by atoms with Gasteiger partial charge in [-0.3, -0.25) is 0 Å². The molecule has 0 spiro atoms. The number of nitrogens with zero attached hydrogens (tertiary/aromatic N) is 2. The number of hydrogen-bond acceptors (Lipinski definition) is 3. The number of ether oxygens (including phenoxy) is 1. The van der Waals surface area contributed by atoms with Gasteiger partial charge in [0.1, 0.15) is 18.5 Å². The largest absolute Gasteiger partial charge is 0.488 e. The van der Waals surface area contributed by atoms with E-state index in [1.165, 1.54) is 50.3 Å². The molecule has 0 N–H and O–H groups in total. The summed E-state index contributed by atoms with van der Waals surface area (Å²) >= 11 is 0. The topological polar surface area (TPSA) is 15.7 Å². The minimum atomic E-state index is 0.112. The zero-order chi connectivity index (χ0) is 25.6. The van der Waals surface area contributed by atoms with Crippen molar-refractivity contribution in [1.82, 2.24) is 0 Å². The molecule has 5 rings (SSSR count). The average Bonchev–Trinajstić information content (AvgIpc) is 3.18. The van der Waals surface area contributed by atoms with Gasteiger partial charge in [-0.2, -0.15) is 0 Å². The lowest BCUT2D eigenvalue weighted by Gasteiger charge is -2.34. The van der Waals surface area contributed by atoms with Crippen LogP contribution in [0.2, 0.25) is 0 Å². The maximum absolute atomic E-state index is 6.09. The summed E-state index contributed by atoms with van der Waals surface area (Å²) in [4.78, 5) is 5.17. The molecule has 0 amide bonds. The van der Waals surface area contributed by atoms with Gasteiger partial charge in [-0.15, -0.1) is 0 Å². The van der Waals surface area contributed by atoms with Crippen molar-refractivity contribution in [3.63, 3.8) is 0 Å². The molecule has 1 saturated heterocycles. The summed E-state index contributed by atoms with van der Waals surface area (Å²) in [7, 11) is 0. The standard InChI is InChI=1S/C33H38N2O/c1-21-15-24(4)31(25(5)16-21)34-12-13-35(32-26(6)17-22(2)18-27(32)7)30(34)11-10-29-20-23(3)19-28-9-8-14-36-33(28)29/h8-11,15-20,30H,12-14H2,1-7H3/b11-10+. The van der Waals surface area contributed by atoms with Crippen LogP contribution in [0.1, 0.15) is 50.1 Å². The third-order valence-electron chi connectivity index (χ3n) is 7.43. The quantitative estimate of drug-likeness (QED) is 0.384. The van der Waals surface area contributed by atoms with Crippen LogP contribution >= 0.6 is 0 Å². The number of hydrogen-bond donors (Lipinski definition) is 0. The third-order valence-corrected chi connectivity index (χ3v) is 7.43. The molecule has 36 heavy (non-hydrogen) atoms. The molecule has 0 saturated carbocycles. The molecule has 2 aliphatic rings. The second kappa shape index (κ2) is 9.54. The highest BCUT2D eigenvalue weighted by Gasteiger charge is 2.33. The Labute approximate surface area is 216 Å². The van der Waals surface area contributed by atoms with Gasteiger partial charge in [-0.1, -0.05) is 47.5 Å². The first-order valence-electron chi connectivity index (χ1n) is 13.0. The Morgan fingerprint density at radius 2 is 1.19 bits per heavy atom. The second-order valence-corrected chi connectivity index (χ2v) is 10.6. The molecular formula is C33H38N2O. The molecule has 0 atom stereocenters. The number of rotatable bonds is 4. The maximum atomic E-state index is 6.09. The Bertz CT molecular complexity index is 1270. The van der Waals surface area contributed by atoms with Crippen LogP contribution in [0.25, 0.3) is 12.2 Å². The molecule has 0 radical (unpaired) electrons. The first-order valence-corrected chi connectivity index (χ1v) is 13.0. The van der Waals surface area contributed by atoms with Crippen molar-refractivity contribution in [3.8, 4) is 5.75 Å². The molecule has 3 heteroatoms. The van der Waals surface area contributed by atoms with Crippen LogP contribution in [-0.4, -0.2) is 25.9 Å². The zero-order valence-corrected chi connectivity index (χ0v) is 22.8. The summed E-state index contributed by atoms with van der Waals surface area (Å²) in [6.07, 6.45) is 9.03. The number of anilines is 2. The first-order chi connectivity index (χ1) is 17.2. The fourth-order valence-corrected chi connectivity index (χ4v) is 6.34. The Balaban J connectivity index is 1.63. The minimum Gasteiger partial charge on any atom is -0.488 e. The molecule has 0 aromatic heterocycles. The van der Waals surface area contributed by atoms with Crippen LogP contribution in [0.5, 0.6) is 5.75 Å². The van der Waals surface area contributed by atoms with Crippen molar-refractivity contribution in [3.05, 3.63) is 98.6 Å². The van der Waals surface area contributed by atoms with Crippen molar-refractivity contribution < 1.29 is 4.74 Å². The Morgan fingerprint density at radius 3 is 1.72 bits per heavy atom.